The summed E-state index contributed by atoms with van der Waals surface area (Å²) in [5.74, 6) is 1.85. The Labute approximate surface area is 335 Å². The molecule has 0 radical (unpaired) electrons. The Morgan fingerprint density at radius 2 is 0.621 bits per heavy atom. The van der Waals surface area contributed by atoms with Crippen molar-refractivity contribution in [2.75, 3.05) is 0 Å². The predicted molar refractivity (Wildman–Crippen MR) is 240 cm³/mol. The summed E-state index contributed by atoms with van der Waals surface area (Å²) < 4.78 is 0. The first kappa shape index (κ1) is 33.5. The quantitative estimate of drug-likeness (QED) is 0.159. The van der Waals surface area contributed by atoms with E-state index < -0.39 is 0 Å². The van der Waals surface area contributed by atoms with Gasteiger partial charge in [-0.15, -0.1) is 0 Å². The van der Waals surface area contributed by atoms with Crippen molar-refractivity contribution in [3.8, 4) is 67.5 Å². The minimum Gasteiger partial charge on any atom is -0.264 e. The van der Waals surface area contributed by atoms with Gasteiger partial charge in [-0.05, 0) is 137 Å². The zero-order valence-corrected chi connectivity index (χ0v) is 31.4. The Hall–Kier alpha value is -7.82. The summed E-state index contributed by atoms with van der Waals surface area (Å²) in [4.78, 5) is 19.7. The molecular formula is C54H34N4. The molecule has 270 valence electrons. The third-order valence-electron chi connectivity index (χ3n) is 11.1. The molecule has 0 aliphatic carbocycles. The van der Waals surface area contributed by atoms with Crippen LogP contribution in [-0.2, 0) is 0 Å². The van der Waals surface area contributed by atoms with Gasteiger partial charge in [0.1, 0.15) is 0 Å². The van der Waals surface area contributed by atoms with Crippen LogP contribution >= 0.6 is 0 Å². The van der Waals surface area contributed by atoms with Crippen molar-refractivity contribution in [2.45, 2.75) is 0 Å². The predicted octanol–water partition coefficient (Wildman–Crippen LogP) is 13.9. The van der Waals surface area contributed by atoms with Gasteiger partial charge in [-0.1, -0.05) is 133 Å². The smallest absolute Gasteiger partial charge is 0.164 e. The first-order valence-corrected chi connectivity index (χ1v) is 19.5. The monoisotopic (exact) mass is 738 g/mol. The molecule has 9 aromatic carbocycles. The Bertz CT molecular complexity index is 3190. The summed E-state index contributed by atoms with van der Waals surface area (Å²) in [5.41, 5.74) is 9.32. The van der Waals surface area contributed by atoms with E-state index >= 15 is 0 Å². The normalized spacial score (nSPS) is 11.4. The summed E-state index contributed by atoms with van der Waals surface area (Å²) in [6.07, 6.45) is 3.67. The maximum atomic E-state index is 5.20. The lowest BCUT2D eigenvalue weighted by Gasteiger charge is -2.14. The summed E-state index contributed by atoms with van der Waals surface area (Å²) in [7, 11) is 0. The third-order valence-corrected chi connectivity index (χ3v) is 11.1. The van der Waals surface area contributed by atoms with Gasteiger partial charge < -0.3 is 0 Å². The van der Waals surface area contributed by atoms with Crippen LogP contribution in [0, 0.1) is 0 Å². The molecule has 0 amide bonds. The topological polar surface area (TPSA) is 51.6 Å². The lowest BCUT2D eigenvalue weighted by Crippen LogP contribution is -2.00. The second-order valence-corrected chi connectivity index (χ2v) is 14.8. The second kappa shape index (κ2) is 14.0. The van der Waals surface area contributed by atoms with Crippen LogP contribution in [0.5, 0.6) is 0 Å². The van der Waals surface area contributed by atoms with Crippen LogP contribution in [0.4, 0.5) is 0 Å². The number of benzene rings is 9. The number of hydrogen-bond acceptors (Lipinski definition) is 4. The fourth-order valence-corrected chi connectivity index (χ4v) is 8.02. The highest BCUT2D eigenvalue weighted by Gasteiger charge is 2.16. The molecule has 0 unspecified atom stereocenters. The van der Waals surface area contributed by atoms with Crippen molar-refractivity contribution < 1.29 is 0 Å². The number of fused-ring (bicyclic) bond motifs is 4. The van der Waals surface area contributed by atoms with Crippen molar-refractivity contribution in [2.24, 2.45) is 0 Å². The van der Waals surface area contributed by atoms with Crippen molar-refractivity contribution in [1.29, 1.82) is 0 Å². The molecule has 0 atom stereocenters. The largest absolute Gasteiger partial charge is 0.264 e. The van der Waals surface area contributed by atoms with Gasteiger partial charge in [0.15, 0.2) is 17.5 Å². The molecule has 58 heavy (non-hydrogen) atoms. The summed E-state index contributed by atoms with van der Waals surface area (Å²) in [6, 6.07) is 69.0. The molecule has 0 saturated heterocycles. The van der Waals surface area contributed by atoms with Crippen LogP contribution in [0.1, 0.15) is 0 Å². The molecule has 11 rings (SSSR count). The molecule has 0 N–H and O–H groups in total. The molecule has 2 aromatic heterocycles. The average Bonchev–Trinajstić information content (AvgIpc) is 3.30. The fourth-order valence-electron chi connectivity index (χ4n) is 8.02. The van der Waals surface area contributed by atoms with E-state index in [1.807, 2.05) is 42.6 Å². The molecular weight excluding hydrogens is 705 g/mol. The Balaban J connectivity index is 1.10. The first-order valence-electron chi connectivity index (χ1n) is 19.5. The number of nitrogens with zero attached hydrogens (tertiary/aromatic N) is 4. The van der Waals surface area contributed by atoms with Gasteiger partial charge >= 0.3 is 0 Å². The van der Waals surface area contributed by atoms with Crippen LogP contribution in [0.15, 0.2) is 207 Å². The highest BCUT2D eigenvalue weighted by atomic mass is 15.0. The van der Waals surface area contributed by atoms with E-state index in [4.69, 9.17) is 15.0 Å². The van der Waals surface area contributed by atoms with Crippen molar-refractivity contribution >= 4 is 43.1 Å². The Kier molecular flexibility index (Phi) is 8.11. The molecule has 0 bridgehead atoms. The van der Waals surface area contributed by atoms with E-state index in [0.717, 1.165) is 50.1 Å². The van der Waals surface area contributed by atoms with Crippen LogP contribution in [0.3, 0.4) is 0 Å². The van der Waals surface area contributed by atoms with Crippen LogP contribution in [0.25, 0.3) is 111 Å². The minimum atomic E-state index is 0.613. The fraction of sp³-hybridized carbons (Fsp3) is 0. The molecule has 11 aromatic rings. The molecule has 0 aliphatic rings. The summed E-state index contributed by atoms with van der Waals surface area (Å²) >= 11 is 0. The van der Waals surface area contributed by atoms with Crippen molar-refractivity contribution in [1.82, 2.24) is 19.9 Å². The molecule has 4 heteroatoms. The van der Waals surface area contributed by atoms with Gasteiger partial charge in [-0.3, -0.25) is 4.98 Å². The third kappa shape index (κ3) is 6.33. The molecule has 4 nitrogen and oxygen atoms in total. The Morgan fingerprint density at radius 3 is 1.14 bits per heavy atom. The number of hydrogen-bond donors (Lipinski definition) is 0. The molecule has 0 spiro atoms. The number of pyridine rings is 1. The molecule has 0 saturated carbocycles. The van der Waals surface area contributed by atoms with Gasteiger partial charge in [0, 0.05) is 29.1 Å². The van der Waals surface area contributed by atoms with Gasteiger partial charge in [0.05, 0.1) is 0 Å². The maximum Gasteiger partial charge on any atom is 0.164 e. The van der Waals surface area contributed by atoms with E-state index in [-0.39, 0.29) is 0 Å². The van der Waals surface area contributed by atoms with Crippen LogP contribution in [-0.4, -0.2) is 19.9 Å². The Morgan fingerprint density at radius 1 is 0.224 bits per heavy atom. The lowest BCUT2D eigenvalue weighted by molar-refractivity contribution is 1.07. The van der Waals surface area contributed by atoms with E-state index in [9.17, 15) is 0 Å². The van der Waals surface area contributed by atoms with E-state index in [0.29, 0.717) is 17.5 Å². The van der Waals surface area contributed by atoms with Gasteiger partial charge in [-0.2, -0.15) is 0 Å². The van der Waals surface area contributed by atoms with E-state index in [1.165, 1.54) is 43.1 Å². The van der Waals surface area contributed by atoms with Crippen LogP contribution in [0.2, 0.25) is 0 Å². The standard InChI is InChI=1S/C54H34N4/c1-2-9-36(10-3-1)52-56-53(37-18-16-35(17-19-37)46-15-8-24-55-34-46)58-54(57-52)51-32-49(44-22-20-42-25-38-11-4-6-13-40(38)27-47(42)29-44)31-50(33-51)45-23-21-43-26-39-12-5-7-14-41(39)28-48(43)30-45/h1-34H. The van der Waals surface area contributed by atoms with Gasteiger partial charge in [-0.25, -0.2) is 15.0 Å². The molecule has 0 aliphatic heterocycles. The highest BCUT2D eigenvalue weighted by molar-refractivity contribution is 6.01. The lowest BCUT2D eigenvalue weighted by atomic mass is 9.92. The number of rotatable bonds is 6. The van der Waals surface area contributed by atoms with Crippen molar-refractivity contribution in [3.05, 3.63) is 207 Å². The van der Waals surface area contributed by atoms with Crippen molar-refractivity contribution in [3.63, 3.8) is 0 Å². The van der Waals surface area contributed by atoms with Gasteiger partial charge in [0.25, 0.3) is 0 Å². The minimum absolute atomic E-state index is 0.613. The first-order chi connectivity index (χ1) is 28.7. The number of aromatic nitrogens is 4. The molecule has 2 heterocycles. The van der Waals surface area contributed by atoms with E-state index in [1.54, 1.807) is 6.20 Å². The second-order valence-electron chi connectivity index (χ2n) is 14.8. The molecule has 0 fully saturated rings. The maximum absolute atomic E-state index is 5.20. The summed E-state index contributed by atoms with van der Waals surface area (Å²) in [6.45, 7) is 0. The van der Waals surface area contributed by atoms with Gasteiger partial charge in [0.2, 0.25) is 0 Å². The van der Waals surface area contributed by atoms with E-state index in [2.05, 4.69) is 163 Å². The SMILES string of the molecule is c1ccc(-c2nc(-c3ccc(-c4cccnc4)cc3)nc(-c3cc(-c4ccc5cc6ccccc6cc5c4)cc(-c4ccc5cc6ccccc6cc5c4)c3)n2)cc1. The highest BCUT2D eigenvalue weighted by Crippen LogP contribution is 2.37. The van der Waals surface area contributed by atoms with Crippen LogP contribution < -0.4 is 0 Å². The zero-order valence-electron chi connectivity index (χ0n) is 31.4. The zero-order chi connectivity index (χ0) is 38.4. The summed E-state index contributed by atoms with van der Waals surface area (Å²) in [5, 5.41) is 9.75. The average molecular weight is 739 g/mol.